The molecule has 0 saturated heterocycles. The van der Waals surface area contributed by atoms with E-state index in [2.05, 4.69) is 21.2 Å². The van der Waals surface area contributed by atoms with E-state index in [1.807, 2.05) is 6.92 Å². The normalized spacial score (nSPS) is 11.2. The molecule has 0 heterocycles. The van der Waals surface area contributed by atoms with Gasteiger partial charge >= 0.3 is 0 Å². The van der Waals surface area contributed by atoms with Crippen LogP contribution >= 0.6 is 15.9 Å². The highest BCUT2D eigenvalue weighted by Gasteiger charge is 2.27. The van der Waals surface area contributed by atoms with Crippen LogP contribution in [0.15, 0.2) is 16.6 Å². The summed E-state index contributed by atoms with van der Waals surface area (Å²) in [7, 11) is 1.44. The van der Waals surface area contributed by atoms with Gasteiger partial charge in [0, 0.05) is 5.56 Å². The van der Waals surface area contributed by atoms with Gasteiger partial charge < -0.3 is 20.5 Å². The largest absolute Gasteiger partial charge is 0.493 e. The molecule has 1 rings (SSSR count). The predicted molar refractivity (Wildman–Crippen MR) is 82.8 cm³/mol. The molecule has 3 N–H and O–H groups in total. The summed E-state index contributed by atoms with van der Waals surface area (Å²) in [6.45, 7) is 0.795. The van der Waals surface area contributed by atoms with Crippen molar-refractivity contribution in [1.82, 2.24) is 5.32 Å². The number of nitrogens with one attached hydrogen (secondary N) is 1. The molecule has 1 amide bonds. The average Bonchev–Trinajstić information content (AvgIpc) is 2.50. The van der Waals surface area contributed by atoms with E-state index in [1.54, 1.807) is 0 Å². The van der Waals surface area contributed by atoms with Crippen LogP contribution in [0.5, 0.6) is 11.5 Å². The smallest absolute Gasteiger partial charge is 0.277 e. The molecule has 0 aliphatic heterocycles. The van der Waals surface area contributed by atoms with E-state index < -0.39 is 24.9 Å². The van der Waals surface area contributed by atoms with Gasteiger partial charge in [-0.1, -0.05) is 6.92 Å². The van der Waals surface area contributed by atoms with Crippen molar-refractivity contribution < 1.29 is 23.0 Å². The second kappa shape index (κ2) is 8.28. The van der Waals surface area contributed by atoms with E-state index >= 15 is 0 Å². The Balaban J connectivity index is 2.92. The number of carbonyl (C=O) groups excluding carboxylic acids is 1. The zero-order chi connectivity index (χ0) is 16.8. The summed E-state index contributed by atoms with van der Waals surface area (Å²) in [6.07, 6.45) is 0.812. The Labute approximate surface area is 136 Å². The standard InChI is InChI=1S/C14H19BrF2N2O3/c1-3-4-22-12-10(15)5-9(6-11(12)21-2)13(20)19-8-14(16,17)7-18/h5-6H,3-4,7-8,18H2,1-2H3,(H,19,20). The van der Waals surface area contributed by atoms with Crippen molar-refractivity contribution in [2.75, 3.05) is 26.8 Å². The first-order valence-electron chi connectivity index (χ1n) is 6.71. The summed E-state index contributed by atoms with van der Waals surface area (Å²) in [5.41, 5.74) is 5.10. The SMILES string of the molecule is CCCOc1c(Br)cc(C(=O)NCC(F)(F)CN)cc1OC. The fraction of sp³-hybridized carbons (Fsp3) is 0.500. The number of hydrogen-bond donors (Lipinski definition) is 2. The van der Waals surface area contributed by atoms with Gasteiger partial charge in [0.15, 0.2) is 11.5 Å². The van der Waals surface area contributed by atoms with Crippen LogP contribution in [0.4, 0.5) is 8.78 Å². The highest BCUT2D eigenvalue weighted by atomic mass is 79.9. The molecule has 0 bridgehead atoms. The van der Waals surface area contributed by atoms with E-state index in [4.69, 9.17) is 15.2 Å². The lowest BCUT2D eigenvalue weighted by Crippen LogP contribution is -2.41. The minimum absolute atomic E-state index is 0.181. The molecule has 124 valence electrons. The Kier molecular flexibility index (Phi) is 7.02. The Bertz CT molecular complexity index is 527. The Hall–Kier alpha value is -1.41. The van der Waals surface area contributed by atoms with Gasteiger partial charge in [-0.05, 0) is 34.5 Å². The number of nitrogens with two attached hydrogens (primary N) is 1. The monoisotopic (exact) mass is 380 g/mol. The summed E-state index contributed by atoms with van der Waals surface area (Å²) in [4.78, 5) is 12.0. The predicted octanol–water partition coefficient (Wildman–Crippen LogP) is 2.57. The van der Waals surface area contributed by atoms with Crippen LogP contribution in [0.1, 0.15) is 23.7 Å². The van der Waals surface area contributed by atoms with Gasteiger partial charge in [0.05, 0.1) is 31.3 Å². The first-order chi connectivity index (χ1) is 10.3. The summed E-state index contributed by atoms with van der Waals surface area (Å²) in [5.74, 6) is -2.97. The zero-order valence-corrected chi connectivity index (χ0v) is 14.0. The zero-order valence-electron chi connectivity index (χ0n) is 12.4. The second-order valence-corrected chi connectivity index (χ2v) is 5.44. The van der Waals surface area contributed by atoms with Gasteiger partial charge in [0.1, 0.15) is 0 Å². The van der Waals surface area contributed by atoms with E-state index in [1.165, 1.54) is 19.2 Å². The summed E-state index contributed by atoms with van der Waals surface area (Å²) in [5, 5.41) is 2.15. The quantitative estimate of drug-likeness (QED) is 0.726. The van der Waals surface area contributed by atoms with Crippen LogP contribution in [-0.2, 0) is 0 Å². The molecule has 22 heavy (non-hydrogen) atoms. The maximum Gasteiger partial charge on any atom is 0.277 e. The number of ether oxygens (including phenoxy) is 2. The second-order valence-electron chi connectivity index (χ2n) is 4.58. The number of carbonyl (C=O) groups is 1. The van der Waals surface area contributed by atoms with E-state index in [9.17, 15) is 13.6 Å². The number of rotatable bonds is 8. The van der Waals surface area contributed by atoms with Gasteiger partial charge in [-0.2, -0.15) is 0 Å². The molecule has 1 aromatic rings. The van der Waals surface area contributed by atoms with Crippen molar-refractivity contribution in [1.29, 1.82) is 0 Å². The minimum atomic E-state index is -3.14. The number of amides is 1. The van der Waals surface area contributed by atoms with Gasteiger partial charge in [0.25, 0.3) is 11.8 Å². The third-order valence-electron chi connectivity index (χ3n) is 2.75. The molecule has 0 atom stereocenters. The van der Waals surface area contributed by atoms with Crippen LogP contribution in [0.2, 0.25) is 0 Å². The molecule has 0 fully saturated rings. The number of methoxy groups -OCH3 is 1. The van der Waals surface area contributed by atoms with Crippen molar-refractivity contribution in [2.24, 2.45) is 5.73 Å². The topological polar surface area (TPSA) is 73.6 Å². The van der Waals surface area contributed by atoms with Crippen molar-refractivity contribution in [3.05, 3.63) is 22.2 Å². The summed E-state index contributed by atoms with van der Waals surface area (Å²) >= 11 is 3.29. The van der Waals surface area contributed by atoms with Gasteiger partial charge in [-0.3, -0.25) is 4.79 Å². The summed E-state index contributed by atoms with van der Waals surface area (Å²) in [6, 6.07) is 2.93. The molecule has 8 heteroatoms. The van der Waals surface area contributed by atoms with E-state index in [-0.39, 0.29) is 5.56 Å². The lowest BCUT2D eigenvalue weighted by Gasteiger charge is -2.16. The molecule has 0 aromatic heterocycles. The third-order valence-corrected chi connectivity index (χ3v) is 3.34. The minimum Gasteiger partial charge on any atom is -0.493 e. The fourth-order valence-corrected chi connectivity index (χ4v) is 2.14. The lowest BCUT2D eigenvalue weighted by atomic mass is 10.2. The number of alkyl halides is 2. The third kappa shape index (κ3) is 5.10. The van der Waals surface area contributed by atoms with Gasteiger partial charge in [-0.25, -0.2) is 8.78 Å². The van der Waals surface area contributed by atoms with Gasteiger partial charge in [0.2, 0.25) is 0 Å². The molecule has 0 unspecified atom stereocenters. The van der Waals surface area contributed by atoms with Crippen LogP contribution in [0.25, 0.3) is 0 Å². The van der Waals surface area contributed by atoms with Crippen LogP contribution < -0.4 is 20.5 Å². The van der Waals surface area contributed by atoms with Crippen LogP contribution in [0.3, 0.4) is 0 Å². The molecule has 0 aliphatic carbocycles. The lowest BCUT2D eigenvalue weighted by molar-refractivity contribution is 0.0118. The maximum absolute atomic E-state index is 13.1. The maximum atomic E-state index is 13.1. The van der Waals surface area contributed by atoms with Crippen molar-refractivity contribution >= 4 is 21.8 Å². The molecule has 0 radical (unpaired) electrons. The molecule has 0 spiro atoms. The molecule has 0 saturated carbocycles. The first-order valence-corrected chi connectivity index (χ1v) is 7.50. The number of benzene rings is 1. The average molecular weight is 381 g/mol. The van der Waals surface area contributed by atoms with Crippen molar-refractivity contribution in [2.45, 2.75) is 19.3 Å². The van der Waals surface area contributed by atoms with Crippen LogP contribution in [0, 0.1) is 0 Å². The van der Waals surface area contributed by atoms with Crippen molar-refractivity contribution in [3.63, 3.8) is 0 Å². The van der Waals surface area contributed by atoms with Gasteiger partial charge in [-0.15, -0.1) is 0 Å². The Morgan fingerprint density at radius 2 is 2.14 bits per heavy atom. The Morgan fingerprint density at radius 3 is 2.68 bits per heavy atom. The van der Waals surface area contributed by atoms with E-state index in [0.717, 1.165) is 6.42 Å². The Morgan fingerprint density at radius 1 is 1.45 bits per heavy atom. The number of halogens is 3. The first kappa shape index (κ1) is 18.6. The van der Waals surface area contributed by atoms with E-state index in [0.29, 0.717) is 22.6 Å². The molecule has 0 aliphatic rings. The highest BCUT2D eigenvalue weighted by molar-refractivity contribution is 9.10. The molecule has 1 aromatic carbocycles. The summed E-state index contributed by atoms with van der Waals surface area (Å²) < 4.78 is 37.3. The van der Waals surface area contributed by atoms with Crippen molar-refractivity contribution in [3.8, 4) is 11.5 Å². The number of hydrogen-bond acceptors (Lipinski definition) is 4. The fourth-order valence-electron chi connectivity index (χ4n) is 1.58. The molecular weight excluding hydrogens is 362 g/mol. The van der Waals surface area contributed by atoms with Crippen LogP contribution in [-0.4, -0.2) is 38.6 Å². The highest BCUT2D eigenvalue weighted by Crippen LogP contribution is 2.36. The molecule has 5 nitrogen and oxygen atoms in total. The molecular formula is C14H19BrF2N2O3.